The second kappa shape index (κ2) is 8.66. The van der Waals surface area contributed by atoms with Crippen molar-refractivity contribution in [2.45, 2.75) is 29.0 Å². The molecule has 4 rings (SSSR count). The van der Waals surface area contributed by atoms with Gasteiger partial charge in [0.2, 0.25) is 9.84 Å². The third-order valence-electron chi connectivity index (χ3n) is 5.47. The van der Waals surface area contributed by atoms with E-state index in [1.165, 1.54) is 0 Å². The van der Waals surface area contributed by atoms with Gasteiger partial charge in [-0.3, -0.25) is 0 Å². The van der Waals surface area contributed by atoms with Gasteiger partial charge in [-0.15, -0.1) is 11.6 Å². The molecule has 0 saturated heterocycles. The van der Waals surface area contributed by atoms with Gasteiger partial charge in [-0.05, 0) is 48.2 Å². The van der Waals surface area contributed by atoms with Crippen LogP contribution in [0, 0.1) is 6.92 Å². The zero-order valence-electron chi connectivity index (χ0n) is 16.9. The van der Waals surface area contributed by atoms with Gasteiger partial charge in [-0.2, -0.15) is 0 Å². The minimum Gasteiger partial charge on any atom is -0.367 e. The van der Waals surface area contributed by atoms with Crippen molar-refractivity contribution in [3.05, 3.63) is 90.0 Å². The second-order valence-electron chi connectivity index (χ2n) is 7.42. The molecule has 0 saturated carbocycles. The molecule has 0 atom stereocenters. The topological polar surface area (TPSA) is 37.4 Å². The van der Waals surface area contributed by atoms with Crippen LogP contribution in [0.4, 0.5) is 5.69 Å². The van der Waals surface area contributed by atoms with Crippen molar-refractivity contribution in [1.82, 2.24) is 0 Å². The molecule has 30 heavy (non-hydrogen) atoms. The highest BCUT2D eigenvalue weighted by Gasteiger charge is 2.28. The summed E-state index contributed by atoms with van der Waals surface area (Å²) in [6.07, 6.45) is 5.29. The van der Waals surface area contributed by atoms with E-state index in [0.29, 0.717) is 10.5 Å². The molecule has 1 aliphatic rings. The fourth-order valence-corrected chi connectivity index (χ4v) is 5.99. The van der Waals surface area contributed by atoms with Gasteiger partial charge >= 0.3 is 0 Å². The maximum absolute atomic E-state index is 13.7. The Morgan fingerprint density at radius 1 is 0.967 bits per heavy atom. The van der Waals surface area contributed by atoms with Crippen LogP contribution in [-0.2, 0) is 15.7 Å². The number of sulfone groups is 1. The van der Waals surface area contributed by atoms with E-state index in [0.717, 1.165) is 41.9 Å². The molecule has 0 spiro atoms. The molecule has 154 valence electrons. The molecule has 0 radical (unpaired) electrons. The minimum atomic E-state index is -3.71. The third kappa shape index (κ3) is 3.78. The lowest BCUT2D eigenvalue weighted by Gasteiger charge is -2.31. The van der Waals surface area contributed by atoms with E-state index >= 15 is 0 Å². The first-order valence-electron chi connectivity index (χ1n) is 10.0. The average Bonchev–Trinajstić information content (AvgIpc) is 2.80. The Kier molecular flexibility index (Phi) is 5.98. The van der Waals surface area contributed by atoms with Gasteiger partial charge < -0.3 is 4.90 Å². The van der Waals surface area contributed by atoms with Crippen LogP contribution in [-0.4, -0.2) is 21.5 Å². The molecule has 1 heterocycles. The monoisotopic (exact) mass is 437 g/mol. The van der Waals surface area contributed by atoms with E-state index < -0.39 is 9.84 Å². The van der Waals surface area contributed by atoms with E-state index in [2.05, 4.69) is 17.1 Å². The van der Waals surface area contributed by atoms with Crippen molar-refractivity contribution in [2.75, 3.05) is 18.0 Å². The quantitative estimate of drug-likeness (QED) is 0.363. The number of aryl methyl sites for hydroxylation is 1. The van der Waals surface area contributed by atoms with Crippen LogP contribution in [0.25, 0.3) is 11.1 Å². The molecular weight excluding hydrogens is 414 g/mol. The molecule has 0 aromatic heterocycles. The van der Waals surface area contributed by atoms with Crippen molar-refractivity contribution in [2.24, 2.45) is 0 Å². The van der Waals surface area contributed by atoms with E-state index in [9.17, 15) is 8.42 Å². The van der Waals surface area contributed by atoms with Gasteiger partial charge in [0, 0.05) is 24.3 Å². The van der Waals surface area contributed by atoms with Gasteiger partial charge in [0.15, 0.2) is 0 Å². The van der Waals surface area contributed by atoms with Crippen LogP contribution < -0.4 is 4.90 Å². The van der Waals surface area contributed by atoms with Gasteiger partial charge in [0.05, 0.1) is 15.7 Å². The summed E-state index contributed by atoms with van der Waals surface area (Å²) in [6, 6.07) is 20.1. The van der Waals surface area contributed by atoms with Crippen LogP contribution >= 0.6 is 11.6 Å². The Labute approximate surface area is 183 Å². The first-order chi connectivity index (χ1) is 14.5. The maximum Gasteiger partial charge on any atom is 0.207 e. The second-order valence-corrected chi connectivity index (χ2v) is 9.60. The Morgan fingerprint density at radius 3 is 2.23 bits per heavy atom. The van der Waals surface area contributed by atoms with Crippen LogP contribution in [0.5, 0.6) is 0 Å². The Balaban J connectivity index is 2.04. The molecule has 0 N–H and O–H groups in total. The summed E-state index contributed by atoms with van der Waals surface area (Å²) in [5, 5.41) is 0. The van der Waals surface area contributed by atoms with Gasteiger partial charge in [-0.1, -0.05) is 60.7 Å². The van der Waals surface area contributed by atoms with Crippen LogP contribution in [0.15, 0.2) is 88.7 Å². The zero-order chi connectivity index (χ0) is 21.1. The molecule has 3 nitrogen and oxygen atoms in total. The number of alkyl halides is 1. The Bertz CT molecular complexity index is 1170. The molecule has 0 unspecified atom stereocenters. The van der Waals surface area contributed by atoms with E-state index in [1.54, 1.807) is 24.3 Å². The minimum absolute atomic E-state index is 0.235. The maximum atomic E-state index is 13.7. The number of hydrogen-bond donors (Lipinski definition) is 0. The summed E-state index contributed by atoms with van der Waals surface area (Å²) >= 11 is 6.51. The fourth-order valence-electron chi connectivity index (χ4n) is 4.12. The van der Waals surface area contributed by atoms with Crippen molar-refractivity contribution in [1.29, 1.82) is 0 Å². The predicted octanol–water partition coefficient (Wildman–Crippen LogP) is 6.00. The lowest BCUT2D eigenvalue weighted by molar-refractivity contribution is 0.596. The van der Waals surface area contributed by atoms with Crippen LogP contribution in [0.1, 0.15) is 17.5 Å². The molecule has 0 fully saturated rings. The lowest BCUT2D eigenvalue weighted by Crippen LogP contribution is -2.29. The van der Waals surface area contributed by atoms with E-state index in [-0.39, 0.29) is 10.8 Å². The van der Waals surface area contributed by atoms with Crippen molar-refractivity contribution in [3.8, 4) is 11.1 Å². The van der Waals surface area contributed by atoms with Crippen LogP contribution in [0.3, 0.4) is 0 Å². The summed E-state index contributed by atoms with van der Waals surface area (Å²) < 4.78 is 27.3. The van der Waals surface area contributed by atoms with Crippen molar-refractivity contribution >= 4 is 27.1 Å². The number of hydrogen-bond acceptors (Lipinski definition) is 3. The van der Waals surface area contributed by atoms with Crippen molar-refractivity contribution in [3.63, 3.8) is 0 Å². The highest BCUT2D eigenvalue weighted by Crippen LogP contribution is 2.42. The zero-order valence-corrected chi connectivity index (χ0v) is 18.5. The summed E-state index contributed by atoms with van der Waals surface area (Å²) in [6.45, 7) is 3.66. The normalized spacial score (nSPS) is 14.1. The molecule has 0 bridgehead atoms. The largest absolute Gasteiger partial charge is 0.367 e. The predicted molar refractivity (Wildman–Crippen MR) is 124 cm³/mol. The van der Waals surface area contributed by atoms with Gasteiger partial charge in [0.25, 0.3) is 0 Å². The fraction of sp³-hybridized carbons (Fsp3) is 0.200. The van der Waals surface area contributed by atoms with Gasteiger partial charge in [0.1, 0.15) is 0 Å². The first kappa shape index (κ1) is 20.7. The third-order valence-corrected chi connectivity index (χ3v) is 7.53. The van der Waals surface area contributed by atoms with Gasteiger partial charge in [-0.25, -0.2) is 8.42 Å². The number of rotatable bonds is 5. The summed E-state index contributed by atoms with van der Waals surface area (Å²) in [4.78, 5) is 2.89. The molecule has 3 aromatic rings. The molecule has 1 aliphatic heterocycles. The molecular formula is C25H24ClNO2S. The highest BCUT2D eigenvalue weighted by molar-refractivity contribution is 7.91. The summed E-state index contributed by atoms with van der Waals surface area (Å²) in [5.41, 5.74) is 4.39. The number of nitrogens with zero attached hydrogens (tertiary/aromatic N) is 1. The average molecular weight is 438 g/mol. The van der Waals surface area contributed by atoms with Crippen LogP contribution in [0.2, 0.25) is 0 Å². The Morgan fingerprint density at radius 2 is 1.63 bits per heavy atom. The first-order valence-corrected chi connectivity index (χ1v) is 12.0. The van der Waals surface area contributed by atoms with E-state index in [1.807, 2.05) is 49.4 Å². The number of benzene rings is 3. The molecule has 0 amide bonds. The molecule has 3 aromatic carbocycles. The standard InChI is InChI=1S/C25H24ClNO2S/c1-19-17-23(30(28,29)21-13-7-3-8-14-21)24(20-11-5-2-6-12-20)22(18-26)25(19)27-15-9-4-10-16-27/h2-9,11-14,17H,10,15-16,18H2,1H3. The Hall–Kier alpha value is -2.56. The summed E-state index contributed by atoms with van der Waals surface area (Å²) in [7, 11) is -3.71. The molecule has 5 heteroatoms. The number of halogens is 1. The lowest BCUT2D eigenvalue weighted by atomic mass is 9.95. The highest BCUT2D eigenvalue weighted by atomic mass is 35.5. The van der Waals surface area contributed by atoms with E-state index in [4.69, 9.17) is 11.6 Å². The molecule has 0 aliphatic carbocycles. The SMILES string of the molecule is Cc1cc(S(=O)(=O)c2ccccc2)c(-c2ccccc2)c(CCl)c1N1CC=CCC1. The smallest absolute Gasteiger partial charge is 0.207 e. The summed E-state index contributed by atoms with van der Waals surface area (Å²) in [5.74, 6) is 0.235. The number of anilines is 1. The van der Waals surface area contributed by atoms with Crippen molar-refractivity contribution < 1.29 is 8.42 Å².